The van der Waals surface area contributed by atoms with E-state index in [-0.39, 0.29) is 0 Å². The smallest absolute Gasteiger partial charge is 0.136 e. The molecule has 26 aromatic rings. The topological polar surface area (TPSA) is 78.8 Å². The lowest BCUT2D eigenvalue weighted by Crippen LogP contribution is -1.79. The highest BCUT2D eigenvalue weighted by molar-refractivity contribution is 6.21. The summed E-state index contributed by atoms with van der Waals surface area (Å²) < 4.78 is 35.3. The second kappa shape index (κ2) is 44.8. The van der Waals surface area contributed by atoms with Crippen molar-refractivity contribution in [3.8, 4) is 11.1 Å². The Morgan fingerprint density at radius 1 is 0.145 bits per heavy atom. The first-order valence-corrected chi connectivity index (χ1v) is 46.4. The van der Waals surface area contributed by atoms with E-state index >= 15 is 0 Å². The van der Waals surface area contributed by atoms with Crippen LogP contribution in [0.2, 0.25) is 0 Å². The van der Waals surface area contributed by atoms with Crippen molar-refractivity contribution in [2.24, 2.45) is 0 Å². The van der Waals surface area contributed by atoms with E-state index in [0.717, 1.165) is 73.4 Å². The summed E-state index contributed by atoms with van der Waals surface area (Å²) in [6.45, 7) is 28.2. The Kier molecular flexibility index (Phi) is 31.3. The number of hydrogen-bond acceptors (Lipinski definition) is 6. The molecule has 0 atom stereocenters. The van der Waals surface area contributed by atoms with Crippen LogP contribution in [-0.2, 0) is 6.42 Å². The van der Waals surface area contributed by atoms with E-state index in [1.165, 1.54) is 152 Å². The van der Waals surface area contributed by atoms with Gasteiger partial charge in [-0.05, 0) is 187 Å². The SMILES string of the molecule is CC.CC.CC.CC.CC.CC.Cc1ccccc1.Cc1ccccc1.c1ccc2c(c1)Cc1cc3oc4ccccc4c3cc1-2.c1ccc2c(c1)ccc1oc3ccccc3c12.c1ccc2c(c1)ccc1oc3ccccc3c12.c1ccc2c(c1)ccc1oc3ccccc3c12.c1ccc2cc3c(cc2c1)oc1ccccc13.c1ccc2cc3c(cc2c1)oc1ccccc13. The van der Waals surface area contributed by atoms with Crippen molar-refractivity contribution in [3.05, 3.63) is 447 Å². The van der Waals surface area contributed by atoms with Crippen LogP contribution in [0.4, 0.5) is 0 Å². The van der Waals surface area contributed by atoms with Crippen LogP contribution >= 0.6 is 0 Å². The molecule has 20 aromatic carbocycles. The second-order valence-corrected chi connectivity index (χ2v) is 30.1. The molecule has 0 saturated carbocycles. The molecule has 6 aromatic heterocycles. The van der Waals surface area contributed by atoms with Gasteiger partial charge in [-0.25, -0.2) is 0 Å². The molecule has 131 heavy (non-hydrogen) atoms. The fourth-order valence-electron chi connectivity index (χ4n) is 16.7. The minimum atomic E-state index is 0.956. The fraction of sp³-hybridized carbons (Fsp3) is 0.120. The number of para-hydroxylation sites is 6. The number of fused-ring (bicyclic) bond motifs is 29. The van der Waals surface area contributed by atoms with Crippen LogP contribution in [0.25, 0.3) is 197 Å². The van der Waals surface area contributed by atoms with Crippen LogP contribution < -0.4 is 0 Å². The summed E-state index contributed by atoms with van der Waals surface area (Å²) in [5, 5.41) is 26.9. The molecular formula is C125H114O6. The molecule has 0 fully saturated rings. The lowest BCUT2D eigenvalue weighted by atomic mass is 10.0. The van der Waals surface area contributed by atoms with Crippen molar-refractivity contribution in [3.63, 3.8) is 0 Å². The molecule has 6 heteroatoms. The molecule has 27 rings (SSSR count). The number of rotatable bonds is 0. The Labute approximate surface area is 768 Å². The van der Waals surface area contributed by atoms with E-state index in [2.05, 4.69) is 317 Å². The van der Waals surface area contributed by atoms with Gasteiger partial charge in [-0.2, -0.15) is 0 Å². The third-order valence-corrected chi connectivity index (χ3v) is 22.5. The first-order valence-electron chi connectivity index (χ1n) is 46.4. The molecule has 0 aliphatic heterocycles. The van der Waals surface area contributed by atoms with Crippen molar-refractivity contribution < 1.29 is 26.5 Å². The Morgan fingerprint density at radius 2 is 0.382 bits per heavy atom. The summed E-state index contributed by atoms with van der Waals surface area (Å²) in [6.07, 6.45) is 1.01. The van der Waals surface area contributed by atoms with Gasteiger partial charge in [-0.15, -0.1) is 0 Å². The molecule has 0 amide bonds. The van der Waals surface area contributed by atoms with Crippen LogP contribution in [-0.4, -0.2) is 0 Å². The molecular weight excluding hydrogens is 1600 g/mol. The van der Waals surface area contributed by atoms with Gasteiger partial charge in [0, 0.05) is 64.6 Å². The van der Waals surface area contributed by atoms with Gasteiger partial charge in [0.15, 0.2) is 0 Å². The van der Waals surface area contributed by atoms with Gasteiger partial charge < -0.3 is 26.5 Å². The summed E-state index contributed by atoms with van der Waals surface area (Å²) in [4.78, 5) is 0. The Balaban J connectivity index is 0.000000120. The predicted octanol–water partition coefficient (Wildman–Crippen LogP) is 39.0. The van der Waals surface area contributed by atoms with E-state index in [9.17, 15) is 0 Å². The lowest BCUT2D eigenvalue weighted by molar-refractivity contribution is 0.668. The first-order chi connectivity index (χ1) is 64.8. The summed E-state index contributed by atoms with van der Waals surface area (Å²) >= 11 is 0. The molecule has 0 spiro atoms. The van der Waals surface area contributed by atoms with E-state index < -0.39 is 0 Å². The molecule has 0 N–H and O–H groups in total. The summed E-state index contributed by atoms with van der Waals surface area (Å²) in [5.41, 5.74) is 19.7. The number of aryl methyl sites for hydroxylation is 2. The van der Waals surface area contributed by atoms with Gasteiger partial charge in [0.2, 0.25) is 0 Å². The van der Waals surface area contributed by atoms with Crippen LogP contribution in [0.15, 0.2) is 451 Å². The highest BCUT2D eigenvalue weighted by Crippen LogP contribution is 2.43. The highest BCUT2D eigenvalue weighted by atomic mass is 16.3. The van der Waals surface area contributed by atoms with Crippen LogP contribution in [0, 0.1) is 13.8 Å². The maximum absolute atomic E-state index is 5.98. The largest absolute Gasteiger partial charge is 0.456 e. The molecule has 6 heterocycles. The standard InChI is InChI=1S/C19H12O.5C16H10O.2C7H8.6C2H6/c1-2-6-14-12(5-1)9-13-10-19-17(11-16(13)14)15-7-3-4-8-18(15)20-19;2*1-2-6-12-10-16-14(9-11(12)5-1)13-7-3-4-8-15(13)17-16;3*1-2-6-12-11(5-1)9-10-15-16(12)13-7-3-4-8-14(13)17-15;2*1-7-5-3-2-4-6-7;6*1-2/h1-8,10-11H,9H2;5*1-10H;2*2-6H,1H3;6*1-2H3. The van der Waals surface area contributed by atoms with Crippen LogP contribution in [0.5, 0.6) is 0 Å². The third-order valence-electron chi connectivity index (χ3n) is 22.5. The Morgan fingerprint density at radius 3 is 0.702 bits per heavy atom. The molecule has 0 unspecified atom stereocenters. The number of hydrogen-bond donors (Lipinski definition) is 0. The zero-order chi connectivity index (χ0) is 91.5. The van der Waals surface area contributed by atoms with Crippen molar-refractivity contribution in [1.29, 1.82) is 0 Å². The Bertz CT molecular complexity index is 7610. The molecule has 0 saturated heterocycles. The van der Waals surface area contributed by atoms with Gasteiger partial charge in [-0.1, -0.05) is 428 Å². The average Bonchev–Trinajstić information content (AvgIpc) is 1.58. The van der Waals surface area contributed by atoms with Crippen molar-refractivity contribution in [2.45, 2.75) is 103 Å². The fourth-order valence-corrected chi connectivity index (χ4v) is 16.7. The summed E-state index contributed by atoms with van der Waals surface area (Å²) in [5.74, 6) is 0. The van der Waals surface area contributed by atoms with Crippen LogP contribution in [0.3, 0.4) is 0 Å². The first kappa shape index (κ1) is 91.7. The maximum atomic E-state index is 5.98. The van der Waals surface area contributed by atoms with Gasteiger partial charge in [0.1, 0.15) is 67.0 Å². The molecule has 6 nitrogen and oxygen atoms in total. The van der Waals surface area contributed by atoms with Crippen molar-refractivity contribution >= 4 is 185 Å². The normalized spacial score (nSPS) is 10.6. The van der Waals surface area contributed by atoms with Crippen LogP contribution in [0.1, 0.15) is 105 Å². The quantitative estimate of drug-likeness (QED) is 0.151. The van der Waals surface area contributed by atoms with E-state index in [4.69, 9.17) is 26.5 Å². The number of furan rings is 6. The Hall–Kier alpha value is -15.5. The molecule has 1 aliphatic carbocycles. The monoisotopic (exact) mass is 1710 g/mol. The predicted molar refractivity (Wildman–Crippen MR) is 569 cm³/mol. The van der Waals surface area contributed by atoms with Crippen molar-refractivity contribution in [1.82, 2.24) is 0 Å². The average molecular weight is 1710 g/mol. The molecule has 1 aliphatic rings. The minimum absolute atomic E-state index is 0.956. The van der Waals surface area contributed by atoms with Gasteiger partial charge in [-0.3, -0.25) is 0 Å². The van der Waals surface area contributed by atoms with Gasteiger partial charge in [0.05, 0.1) is 0 Å². The summed E-state index contributed by atoms with van der Waals surface area (Å²) in [6, 6.07) is 146. The minimum Gasteiger partial charge on any atom is -0.456 e. The van der Waals surface area contributed by atoms with E-state index in [1.807, 2.05) is 204 Å². The maximum Gasteiger partial charge on any atom is 0.136 e. The zero-order valence-corrected chi connectivity index (χ0v) is 77.6. The molecule has 650 valence electrons. The number of benzene rings is 20. The van der Waals surface area contributed by atoms with Crippen molar-refractivity contribution in [2.75, 3.05) is 0 Å². The molecule has 0 radical (unpaired) electrons. The lowest BCUT2D eigenvalue weighted by Gasteiger charge is -2.00. The summed E-state index contributed by atoms with van der Waals surface area (Å²) in [7, 11) is 0. The van der Waals surface area contributed by atoms with E-state index in [1.54, 1.807) is 0 Å². The molecule has 0 bridgehead atoms. The van der Waals surface area contributed by atoms with E-state index in [0.29, 0.717) is 0 Å². The zero-order valence-electron chi connectivity index (χ0n) is 77.6. The van der Waals surface area contributed by atoms with Gasteiger partial charge in [0.25, 0.3) is 0 Å². The second-order valence-electron chi connectivity index (χ2n) is 30.1. The third kappa shape index (κ3) is 20.3. The van der Waals surface area contributed by atoms with Gasteiger partial charge >= 0.3 is 0 Å². The highest BCUT2D eigenvalue weighted by Gasteiger charge is 2.21.